The number of hydrogen-bond acceptors (Lipinski definition) is 6. The molecular weight excluding hydrogens is 368 g/mol. The maximum absolute atomic E-state index is 12.1. The van der Waals surface area contributed by atoms with Gasteiger partial charge in [-0.05, 0) is 38.5 Å². The van der Waals surface area contributed by atoms with Gasteiger partial charge in [-0.15, -0.1) is 11.3 Å². The summed E-state index contributed by atoms with van der Waals surface area (Å²) in [5.41, 5.74) is 0.485. The molecule has 1 atom stereocenters. The van der Waals surface area contributed by atoms with E-state index in [1.165, 1.54) is 18.2 Å². The number of nitro groups is 1. The fourth-order valence-corrected chi connectivity index (χ4v) is 3.42. The van der Waals surface area contributed by atoms with Crippen molar-refractivity contribution in [1.82, 2.24) is 15.5 Å². The Kier molecular flexibility index (Phi) is 7.03. The van der Waals surface area contributed by atoms with Crippen LogP contribution >= 0.6 is 11.3 Å². The molecule has 0 aliphatic carbocycles. The van der Waals surface area contributed by atoms with Crippen molar-refractivity contribution in [3.63, 3.8) is 0 Å². The summed E-state index contributed by atoms with van der Waals surface area (Å²) in [7, 11) is 3.87. The number of thiophene rings is 1. The van der Waals surface area contributed by atoms with E-state index >= 15 is 0 Å². The molecule has 0 aliphatic rings. The van der Waals surface area contributed by atoms with E-state index in [2.05, 4.69) is 10.6 Å². The molecule has 0 saturated heterocycles. The Bertz CT molecular complexity index is 821. The fourth-order valence-electron chi connectivity index (χ4n) is 2.50. The smallest absolute Gasteiger partial charge is 0.273 e. The highest BCUT2D eigenvalue weighted by Crippen LogP contribution is 2.22. The van der Waals surface area contributed by atoms with E-state index in [-0.39, 0.29) is 29.7 Å². The van der Waals surface area contributed by atoms with E-state index in [9.17, 15) is 19.7 Å². The number of rotatable bonds is 8. The standard InChI is InChI=1S/C18H22N4O4S/c1-12-6-7-13(9-14(12)22(25)26)18(24)20-11-17(23)19-10-15(21(2)3)16-5-4-8-27-16/h4-9,15H,10-11H2,1-3H3,(H,19,23)(H,20,24). The van der Waals surface area contributed by atoms with Gasteiger partial charge in [0.25, 0.3) is 11.6 Å². The molecule has 0 aliphatic heterocycles. The molecule has 0 fully saturated rings. The van der Waals surface area contributed by atoms with E-state index in [0.717, 1.165) is 4.88 Å². The van der Waals surface area contributed by atoms with E-state index < -0.39 is 10.8 Å². The minimum Gasteiger partial charge on any atom is -0.353 e. The molecule has 0 radical (unpaired) electrons. The van der Waals surface area contributed by atoms with Crippen molar-refractivity contribution >= 4 is 28.8 Å². The van der Waals surface area contributed by atoms with Gasteiger partial charge in [0.15, 0.2) is 0 Å². The monoisotopic (exact) mass is 390 g/mol. The van der Waals surface area contributed by atoms with Crippen LogP contribution in [0, 0.1) is 17.0 Å². The van der Waals surface area contributed by atoms with Gasteiger partial charge in [-0.2, -0.15) is 0 Å². The first kappa shape index (κ1) is 20.5. The zero-order valence-electron chi connectivity index (χ0n) is 15.4. The maximum Gasteiger partial charge on any atom is 0.273 e. The second-order valence-electron chi connectivity index (χ2n) is 6.24. The van der Waals surface area contributed by atoms with Crippen LogP contribution < -0.4 is 10.6 Å². The summed E-state index contributed by atoms with van der Waals surface area (Å²) in [6.07, 6.45) is 0. The summed E-state index contributed by atoms with van der Waals surface area (Å²) in [5.74, 6) is -0.857. The summed E-state index contributed by atoms with van der Waals surface area (Å²) in [5, 5.41) is 18.2. The molecule has 144 valence electrons. The van der Waals surface area contributed by atoms with Gasteiger partial charge in [0.2, 0.25) is 5.91 Å². The van der Waals surface area contributed by atoms with Gasteiger partial charge in [-0.25, -0.2) is 0 Å². The van der Waals surface area contributed by atoms with Crippen LogP contribution in [0.25, 0.3) is 0 Å². The summed E-state index contributed by atoms with van der Waals surface area (Å²) < 4.78 is 0. The lowest BCUT2D eigenvalue weighted by Crippen LogP contribution is -2.40. The second-order valence-corrected chi connectivity index (χ2v) is 7.22. The van der Waals surface area contributed by atoms with E-state index in [4.69, 9.17) is 0 Å². The van der Waals surface area contributed by atoms with Crippen molar-refractivity contribution in [3.8, 4) is 0 Å². The molecule has 0 bridgehead atoms. The number of nitrogens with zero attached hydrogens (tertiary/aromatic N) is 2. The third-order valence-corrected chi connectivity index (χ3v) is 5.04. The van der Waals surface area contributed by atoms with Crippen LogP contribution in [0.15, 0.2) is 35.7 Å². The number of aryl methyl sites for hydroxylation is 1. The molecule has 0 spiro atoms. The number of carbonyl (C=O) groups excluding carboxylic acids is 2. The molecule has 1 heterocycles. The van der Waals surface area contributed by atoms with Crippen molar-refractivity contribution in [2.75, 3.05) is 27.2 Å². The zero-order chi connectivity index (χ0) is 20.0. The van der Waals surface area contributed by atoms with Crippen LogP contribution in [0.5, 0.6) is 0 Å². The number of likely N-dealkylation sites (N-methyl/N-ethyl adjacent to an activating group) is 1. The van der Waals surface area contributed by atoms with E-state index in [0.29, 0.717) is 12.1 Å². The van der Waals surface area contributed by atoms with Crippen molar-refractivity contribution in [1.29, 1.82) is 0 Å². The van der Waals surface area contributed by atoms with Crippen molar-refractivity contribution in [2.24, 2.45) is 0 Å². The Labute approximate surface area is 161 Å². The number of nitro benzene ring substituents is 1. The lowest BCUT2D eigenvalue weighted by atomic mass is 10.1. The molecule has 2 aromatic rings. The van der Waals surface area contributed by atoms with E-state index in [1.807, 2.05) is 36.5 Å². The average molecular weight is 390 g/mol. The lowest BCUT2D eigenvalue weighted by Gasteiger charge is -2.23. The second kappa shape index (κ2) is 9.24. The Balaban J connectivity index is 1.89. The van der Waals surface area contributed by atoms with Gasteiger partial charge < -0.3 is 15.5 Å². The Hall–Kier alpha value is -2.78. The topological polar surface area (TPSA) is 105 Å². The minimum atomic E-state index is -0.537. The van der Waals surface area contributed by atoms with Crippen LogP contribution in [0.3, 0.4) is 0 Å². The quantitative estimate of drug-likeness (QED) is 0.531. The number of amides is 2. The molecular formula is C18H22N4O4S. The average Bonchev–Trinajstić information content (AvgIpc) is 3.14. The van der Waals surface area contributed by atoms with Gasteiger partial charge in [0.1, 0.15) is 0 Å². The number of benzene rings is 1. The van der Waals surface area contributed by atoms with Gasteiger partial charge in [-0.1, -0.05) is 12.1 Å². The molecule has 2 amide bonds. The summed E-state index contributed by atoms with van der Waals surface area (Å²) in [6, 6.07) is 8.22. The summed E-state index contributed by atoms with van der Waals surface area (Å²) in [4.78, 5) is 37.8. The number of nitrogens with one attached hydrogen (secondary N) is 2. The molecule has 1 aromatic heterocycles. The number of hydrogen-bond donors (Lipinski definition) is 2. The molecule has 2 rings (SSSR count). The normalized spacial score (nSPS) is 11.9. The molecule has 8 nitrogen and oxygen atoms in total. The van der Waals surface area contributed by atoms with Crippen LogP contribution in [0.1, 0.15) is 26.8 Å². The molecule has 9 heteroatoms. The highest BCUT2D eigenvalue weighted by molar-refractivity contribution is 7.10. The Morgan fingerprint density at radius 1 is 1.26 bits per heavy atom. The molecule has 0 saturated carbocycles. The Morgan fingerprint density at radius 3 is 2.59 bits per heavy atom. The van der Waals surface area contributed by atoms with Crippen molar-refractivity contribution in [3.05, 3.63) is 61.8 Å². The molecule has 1 unspecified atom stereocenters. The van der Waals surface area contributed by atoms with Gasteiger partial charge in [0.05, 0.1) is 17.5 Å². The first-order valence-corrected chi connectivity index (χ1v) is 9.17. The summed E-state index contributed by atoms with van der Waals surface area (Å²) in [6.45, 7) is 1.81. The minimum absolute atomic E-state index is 0.0457. The molecule has 1 aromatic carbocycles. The van der Waals surface area contributed by atoms with Crippen molar-refractivity contribution < 1.29 is 14.5 Å². The van der Waals surface area contributed by atoms with E-state index in [1.54, 1.807) is 18.3 Å². The fraction of sp³-hybridized carbons (Fsp3) is 0.333. The largest absolute Gasteiger partial charge is 0.353 e. The SMILES string of the molecule is Cc1ccc(C(=O)NCC(=O)NCC(c2cccs2)N(C)C)cc1[N+](=O)[O-]. The highest BCUT2D eigenvalue weighted by atomic mass is 32.1. The van der Waals surface area contributed by atoms with Crippen LogP contribution in [0.2, 0.25) is 0 Å². The Morgan fingerprint density at radius 2 is 2.00 bits per heavy atom. The predicted octanol–water partition coefficient (Wildman–Crippen LogP) is 2.11. The first-order chi connectivity index (χ1) is 12.8. The maximum atomic E-state index is 12.1. The van der Waals surface area contributed by atoms with Gasteiger partial charge in [0, 0.05) is 28.6 Å². The highest BCUT2D eigenvalue weighted by Gasteiger charge is 2.18. The number of carbonyl (C=O) groups is 2. The molecule has 2 N–H and O–H groups in total. The zero-order valence-corrected chi connectivity index (χ0v) is 16.2. The lowest BCUT2D eigenvalue weighted by molar-refractivity contribution is -0.385. The third kappa shape index (κ3) is 5.60. The van der Waals surface area contributed by atoms with Gasteiger partial charge >= 0.3 is 0 Å². The van der Waals surface area contributed by atoms with Crippen molar-refractivity contribution in [2.45, 2.75) is 13.0 Å². The predicted molar refractivity (Wildman–Crippen MR) is 104 cm³/mol. The first-order valence-electron chi connectivity index (χ1n) is 8.29. The van der Waals surface area contributed by atoms with Crippen LogP contribution in [-0.2, 0) is 4.79 Å². The van der Waals surface area contributed by atoms with Gasteiger partial charge in [-0.3, -0.25) is 19.7 Å². The third-order valence-electron chi connectivity index (χ3n) is 4.07. The van der Waals surface area contributed by atoms with Crippen LogP contribution in [0.4, 0.5) is 5.69 Å². The van der Waals surface area contributed by atoms with Crippen LogP contribution in [-0.4, -0.2) is 48.8 Å². The summed E-state index contributed by atoms with van der Waals surface area (Å²) >= 11 is 1.61. The molecule has 27 heavy (non-hydrogen) atoms.